The lowest BCUT2D eigenvalue weighted by Crippen LogP contribution is -2.42. The van der Waals surface area contributed by atoms with Crippen LogP contribution in [0, 0.1) is 5.41 Å². The van der Waals surface area contributed by atoms with E-state index in [4.69, 9.17) is 4.52 Å². The molecule has 1 N–H and O–H groups in total. The lowest BCUT2D eigenvalue weighted by Gasteiger charge is -2.33. The number of hydrogen-bond donors (Lipinski definition) is 1. The summed E-state index contributed by atoms with van der Waals surface area (Å²) < 4.78 is 5.31. The van der Waals surface area contributed by atoms with Crippen molar-refractivity contribution in [3.8, 4) is 0 Å². The average molecular weight is 322 g/mol. The number of rotatable bonds is 1. The van der Waals surface area contributed by atoms with Gasteiger partial charge >= 0.3 is 0 Å². The Bertz CT molecular complexity index is 679. The molecule has 2 aromatic rings. The van der Waals surface area contributed by atoms with E-state index in [0.29, 0.717) is 5.76 Å². The second kappa shape index (κ2) is 5.89. The van der Waals surface area contributed by atoms with Crippen LogP contribution in [0.15, 0.2) is 28.8 Å². The first kappa shape index (κ1) is 15.3. The van der Waals surface area contributed by atoms with Gasteiger partial charge in [-0.15, -0.1) is 12.4 Å². The number of benzene rings is 1. The summed E-state index contributed by atoms with van der Waals surface area (Å²) in [6.07, 6.45) is 3.49. The fraction of sp³-hybridized carbons (Fsp3) is 0.500. The van der Waals surface area contributed by atoms with E-state index in [1.54, 1.807) is 0 Å². The van der Waals surface area contributed by atoms with Crippen molar-refractivity contribution in [3.05, 3.63) is 30.0 Å². The summed E-state index contributed by atoms with van der Waals surface area (Å²) in [6, 6.07) is 7.57. The number of aromatic nitrogens is 1. The molecule has 1 aromatic carbocycles. The molecule has 1 spiro atoms. The molecule has 6 heteroatoms. The van der Waals surface area contributed by atoms with Crippen LogP contribution in [0.5, 0.6) is 0 Å². The van der Waals surface area contributed by atoms with Crippen molar-refractivity contribution < 1.29 is 9.32 Å². The Morgan fingerprint density at radius 2 is 2.18 bits per heavy atom. The molecule has 1 atom stereocenters. The van der Waals surface area contributed by atoms with Crippen molar-refractivity contribution in [1.29, 1.82) is 0 Å². The SMILES string of the molecule is Cl.O=C(c1onc2ccccc12)N1CCC2(CCCNC2)C1. The first-order valence-corrected chi connectivity index (χ1v) is 7.62. The number of fused-ring (bicyclic) bond motifs is 1. The second-order valence-corrected chi connectivity index (χ2v) is 6.29. The number of amides is 1. The summed E-state index contributed by atoms with van der Waals surface area (Å²) in [5, 5.41) is 8.26. The molecule has 1 aromatic heterocycles. The zero-order valence-corrected chi connectivity index (χ0v) is 13.2. The third-order valence-corrected chi connectivity index (χ3v) is 4.86. The predicted octanol–water partition coefficient (Wildman–Crippen LogP) is 2.47. The van der Waals surface area contributed by atoms with E-state index < -0.39 is 0 Å². The van der Waals surface area contributed by atoms with Gasteiger partial charge < -0.3 is 14.7 Å². The maximum atomic E-state index is 12.7. The van der Waals surface area contributed by atoms with E-state index in [2.05, 4.69) is 10.5 Å². The first-order valence-electron chi connectivity index (χ1n) is 7.62. The number of piperidine rings is 1. The Labute approximate surface area is 135 Å². The lowest BCUT2D eigenvalue weighted by molar-refractivity contribution is 0.0726. The van der Waals surface area contributed by atoms with Gasteiger partial charge in [-0.05, 0) is 37.9 Å². The van der Waals surface area contributed by atoms with Crippen molar-refractivity contribution in [3.63, 3.8) is 0 Å². The monoisotopic (exact) mass is 321 g/mol. The van der Waals surface area contributed by atoms with Gasteiger partial charge in [-0.3, -0.25) is 4.79 Å². The summed E-state index contributed by atoms with van der Waals surface area (Å²) in [5.74, 6) is 0.359. The number of likely N-dealkylation sites (tertiary alicyclic amines) is 1. The Balaban J connectivity index is 0.00000144. The van der Waals surface area contributed by atoms with Gasteiger partial charge in [0.25, 0.3) is 5.91 Å². The molecule has 0 radical (unpaired) electrons. The van der Waals surface area contributed by atoms with Crippen LogP contribution in [0.2, 0.25) is 0 Å². The summed E-state index contributed by atoms with van der Waals surface area (Å²) in [7, 11) is 0. The predicted molar refractivity (Wildman–Crippen MR) is 86.3 cm³/mol. The zero-order chi connectivity index (χ0) is 14.3. The molecule has 2 fully saturated rings. The quantitative estimate of drug-likeness (QED) is 0.876. The summed E-state index contributed by atoms with van der Waals surface area (Å²) in [6.45, 7) is 3.76. The van der Waals surface area contributed by atoms with Crippen LogP contribution in [0.1, 0.15) is 29.8 Å². The molecule has 0 aliphatic carbocycles. The molecular formula is C16H20ClN3O2. The number of nitrogens with one attached hydrogen (secondary N) is 1. The minimum absolute atomic E-state index is 0. The molecule has 1 amide bonds. The van der Waals surface area contributed by atoms with Crippen LogP contribution in [0.25, 0.3) is 10.9 Å². The molecule has 1 unspecified atom stereocenters. The molecular weight excluding hydrogens is 302 g/mol. The summed E-state index contributed by atoms with van der Waals surface area (Å²) in [5.41, 5.74) is 1.01. The standard InChI is InChI=1S/C16H19N3O2.ClH/c20-15(14-12-4-1-2-5-13(12)18-21-14)19-9-7-16(11-19)6-3-8-17-10-16;/h1-2,4-5,17H,3,6-11H2;1H. The minimum atomic E-state index is -0.0221. The molecule has 2 aliphatic rings. The molecule has 5 nitrogen and oxygen atoms in total. The first-order chi connectivity index (χ1) is 10.3. The minimum Gasteiger partial charge on any atom is -0.350 e. The van der Waals surface area contributed by atoms with Gasteiger partial charge in [-0.2, -0.15) is 0 Å². The number of carbonyl (C=O) groups excluding carboxylic acids is 1. The Morgan fingerprint density at radius 1 is 1.32 bits per heavy atom. The van der Waals surface area contributed by atoms with Gasteiger partial charge in [0.05, 0.1) is 5.39 Å². The molecule has 2 saturated heterocycles. The Hall–Kier alpha value is -1.59. The van der Waals surface area contributed by atoms with E-state index in [1.807, 2.05) is 29.2 Å². The van der Waals surface area contributed by atoms with Gasteiger partial charge in [0.2, 0.25) is 5.76 Å². The molecule has 0 bridgehead atoms. The molecule has 3 heterocycles. The molecule has 22 heavy (non-hydrogen) atoms. The molecule has 118 valence electrons. The molecule has 2 aliphatic heterocycles. The van der Waals surface area contributed by atoms with E-state index in [1.165, 1.54) is 12.8 Å². The van der Waals surface area contributed by atoms with Crippen LogP contribution >= 0.6 is 12.4 Å². The van der Waals surface area contributed by atoms with Crippen LogP contribution in [0.4, 0.5) is 0 Å². The molecule has 0 saturated carbocycles. The lowest BCUT2D eigenvalue weighted by atomic mass is 9.80. The highest BCUT2D eigenvalue weighted by molar-refractivity contribution is 6.03. The van der Waals surface area contributed by atoms with Crippen LogP contribution in [-0.2, 0) is 0 Å². The second-order valence-electron chi connectivity index (χ2n) is 6.29. The van der Waals surface area contributed by atoms with Crippen molar-refractivity contribution >= 4 is 29.2 Å². The number of halogens is 1. The smallest absolute Gasteiger partial charge is 0.293 e. The van der Waals surface area contributed by atoms with Crippen molar-refractivity contribution in [2.75, 3.05) is 26.2 Å². The van der Waals surface area contributed by atoms with E-state index in [0.717, 1.165) is 43.5 Å². The topological polar surface area (TPSA) is 58.4 Å². The Kier molecular flexibility index (Phi) is 4.10. The highest BCUT2D eigenvalue weighted by Gasteiger charge is 2.41. The largest absolute Gasteiger partial charge is 0.350 e. The van der Waals surface area contributed by atoms with Crippen molar-refractivity contribution in [2.45, 2.75) is 19.3 Å². The number of hydrogen-bond acceptors (Lipinski definition) is 4. The van der Waals surface area contributed by atoms with E-state index >= 15 is 0 Å². The van der Waals surface area contributed by atoms with Crippen LogP contribution < -0.4 is 5.32 Å². The fourth-order valence-corrected chi connectivity index (χ4v) is 3.67. The van der Waals surface area contributed by atoms with Gasteiger partial charge in [-0.25, -0.2) is 0 Å². The molecule has 4 rings (SSSR count). The average Bonchev–Trinajstić information content (AvgIpc) is 3.12. The maximum Gasteiger partial charge on any atom is 0.293 e. The van der Waals surface area contributed by atoms with Gasteiger partial charge in [0.1, 0.15) is 5.52 Å². The van der Waals surface area contributed by atoms with Crippen LogP contribution in [0.3, 0.4) is 0 Å². The van der Waals surface area contributed by atoms with E-state index in [9.17, 15) is 4.79 Å². The van der Waals surface area contributed by atoms with Crippen LogP contribution in [-0.4, -0.2) is 42.1 Å². The number of nitrogens with zero attached hydrogens (tertiary/aromatic N) is 2. The summed E-state index contributed by atoms with van der Waals surface area (Å²) >= 11 is 0. The normalized spacial score (nSPS) is 24.6. The zero-order valence-electron chi connectivity index (χ0n) is 12.4. The highest BCUT2D eigenvalue weighted by Crippen LogP contribution is 2.37. The third kappa shape index (κ3) is 2.48. The van der Waals surface area contributed by atoms with Crippen molar-refractivity contribution in [2.24, 2.45) is 5.41 Å². The maximum absolute atomic E-state index is 12.7. The van der Waals surface area contributed by atoms with Gasteiger partial charge in [0.15, 0.2) is 0 Å². The van der Waals surface area contributed by atoms with Crippen molar-refractivity contribution in [1.82, 2.24) is 15.4 Å². The fourth-order valence-electron chi connectivity index (χ4n) is 3.67. The number of carbonyl (C=O) groups is 1. The van der Waals surface area contributed by atoms with Gasteiger partial charge in [-0.1, -0.05) is 17.3 Å². The summed E-state index contributed by atoms with van der Waals surface area (Å²) in [4.78, 5) is 14.7. The Morgan fingerprint density at radius 3 is 3.00 bits per heavy atom. The highest BCUT2D eigenvalue weighted by atomic mass is 35.5. The van der Waals surface area contributed by atoms with Gasteiger partial charge in [0, 0.05) is 25.0 Å². The van der Waals surface area contributed by atoms with E-state index in [-0.39, 0.29) is 23.7 Å². The third-order valence-electron chi connectivity index (χ3n) is 4.86.